The van der Waals surface area contributed by atoms with Crippen LogP contribution in [0.3, 0.4) is 0 Å². The van der Waals surface area contributed by atoms with E-state index in [0.29, 0.717) is 47.4 Å². The fourth-order valence-corrected chi connectivity index (χ4v) is 8.46. The minimum absolute atomic E-state index is 0.107. The molecular formula is C34H33Cl2IN4O4. The maximum atomic E-state index is 14.5. The predicted octanol–water partition coefficient (Wildman–Crippen LogP) is 6.89. The van der Waals surface area contributed by atoms with E-state index < -0.39 is 17.4 Å². The smallest absolute Gasteiger partial charge is 0.320 e. The Labute approximate surface area is 285 Å². The summed E-state index contributed by atoms with van der Waals surface area (Å²) in [5.74, 6) is -0.271. The fraction of sp³-hybridized carbons (Fsp3) is 0.382. The number of ether oxygens (including phenoxy) is 1. The van der Waals surface area contributed by atoms with Gasteiger partial charge in [0.2, 0.25) is 11.8 Å². The molecule has 0 bridgehead atoms. The van der Waals surface area contributed by atoms with E-state index in [1.54, 1.807) is 18.2 Å². The first-order valence-electron chi connectivity index (χ1n) is 15.4. The van der Waals surface area contributed by atoms with Crippen molar-refractivity contribution in [2.45, 2.75) is 55.6 Å². The Morgan fingerprint density at radius 1 is 0.911 bits per heavy atom. The van der Waals surface area contributed by atoms with Crippen molar-refractivity contribution < 1.29 is 19.1 Å². The standard InChI is InChI=1S/C34H33Cl2IN4O4/c35-21-5-3-4-20(16-21)27-19-30(42)39-31(34(27)26-8-6-22(36)17-28(26)38-32(34)43)25-18-23(37)7-9-29(25)45-24-10-14-41(15-11-24)33(44)40-12-1-2-13-40/h3-9,16-18,24,27,31H,1-2,10-15,19H2,(H,38,43)(H,39,42)/t27-,31+,34-/m0/s1. The summed E-state index contributed by atoms with van der Waals surface area (Å²) in [5.41, 5.74) is 1.74. The van der Waals surface area contributed by atoms with Gasteiger partial charge in [-0.2, -0.15) is 0 Å². The second kappa shape index (κ2) is 12.3. The van der Waals surface area contributed by atoms with Crippen LogP contribution in [-0.4, -0.2) is 59.9 Å². The number of urea groups is 1. The third kappa shape index (κ3) is 5.54. The number of nitrogens with one attached hydrogen (secondary N) is 2. The number of halogens is 3. The van der Waals surface area contributed by atoms with Crippen LogP contribution in [0.15, 0.2) is 60.7 Å². The molecule has 4 aliphatic heterocycles. The SMILES string of the molecule is O=C1C[C@@H](c2cccc(Cl)c2)[C@]2(C(=O)Nc3cc(Cl)ccc32)[C@@H](c2cc(I)ccc2OC2CCN(C(=O)N3CCCC3)CC2)N1. The van der Waals surface area contributed by atoms with Crippen molar-refractivity contribution in [3.05, 3.63) is 91.0 Å². The lowest BCUT2D eigenvalue weighted by Gasteiger charge is -2.47. The third-order valence-electron chi connectivity index (χ3n) is 9.67. The number of amides is 4. The van der Waals surface area contributed by atoms with Gasteiger partial charge in [0.05, 0.1) is 6.04 Å². The van der Waals surface area contributed by atoms with Gasteiger partial charge >= 0.3 is 6.03 Å². The Balaban J connectivity index is 1.27. The van der Waals surface area contributed by atoms with Gasteiger partial charge in [0.15, 0.2) is 0 Å². The number of anilines is 1. The number of carbonyl (C=O) groups is 3. The van der Waals surface area contributed by atoms with Gasteiger partial charge in [-0.15, -0.1) is 0 Å². The van der Waals surface area contributed by atoms with E-state index >= 15 is 0 Å². The van der Waals surface area contributed by atoms with Gasteiger partial charge in [-0.3, -0.25) is 9.59 Å². The van der Waals surface area contributed by atoms with Gasteiger partial charge in [0.1, 0.15) is 17.3 Å². The minimum atomic E-state index is -1.20. The first-order chi connectivity index (χ1) is 21.7. The number of piperidine rings is 2. The van der Waals surface area contributed by atoms with Crippen LogP contribution in [0.1, 0.15) is 60.8 Å². The number of hydrogen-bond acceptors (Lipinski definition) is 4. The lowest BCUT2D eigenvalue weighted by atomic mass is 9.59. The lowest BCUT2D eigenvalue weighted by Crippen LogP contribution is -2.57. The summed E-state index contributed by atoms with van der Waals surface area (Å²) in [6.07, 6.45) is 3.51. The molecule has 234 valence electrons. The molecule has 0 radical (unpaired) electrons. The number of hydrogen-bond donors (Lipinski definition) is 2. The molecule has 0 saturated carbocycles. The van der Waals surface area contributed by atoms with Crippen molar-refractivity contribution in [1.82, 2.24) is 15.1 Å². The van der Waals surface area contributed by atoms with Gasteiger partial charge in [0.25, 0.3) is 0 Å². The molecule has 45 heavy (non-hydrogen) atoms. The molecule has 4 amide bonds. The summed E-state index contributed by atoms with van der Waals surface area (Å²) in [7, 11) is 0. The minimum Gasteiger partial charge on any atom is -0.490 e. The van der Waals surface area contributed by atoms with E-state index in [1.807, 2.05) is 52.3 Å². The molecule has 2 N–H and O–H groups in total. The first kappa shape index (κ1) is 30.6. The highest BCUT2D eigenvalue weighted by Crippen LogP contribution is 2.58. The molecule has 4 aliphatic rings. The van der Waals surface area contributed by atoms with Gasteiger partial charge in [0, 0.05) is 76.2 Å². The van der Waals surface area contributed by atoms with E-state index in [9.17, 15) is 14.4 Å². The monoisotopic (exact) mass is 758 g/mol. The van der Waals surface area contributed by atoms with Crippen molar-refractivity contribution >= 4 is 69.3 Å². The summed E-state index contributed by atoms with van der Waals surface area (Å²) >= 11 is 15.1. The van der Waals surface area contributed by atoms with Crippen LogP contribution in [0.2, 0.25) is 10.0 Å². The second-order valence-corrected chi connectivity index (χ2v) is 14.4. The summed E-state index contributed by atoms with van der Waals surface area (Å²) in [4.78, 5) is 44.8. The maximum absolute atomic E-state index is 14.5. The maximum Gasteiger partial charge on any atom is 0.320 e. The van der Waals surface area contributed by atoms with Crippen LogP contribution in [0.4, 0.5) is 10.5 Å². The Hall–Kier alpha value is -3.02. The molecule has 0 unspecified atom stereocenters. The molecule has 8 nitrogen and oxygen atoms in total. The van der Waals surface area contributed by atoms with Gasteiger partial charge in [-0.05, 0) is 89.0 Å². The molecule has 3 saturated heterocycles. The zero-order valence-corrected chi connectivity index (χ0v) is 28.2. The van der Waals surface area contributed by atoms with E-state index in [-0.39, 0.29) is 30.4 Å². The topological polar surface area (TPSA) is 91.0 Å². The predicted molar refractivity (Wildman–Crippen MR) is 182 cm³/mol. The fourth-order valence-electron chi connectivity index (χ4n) is 7.57. The number of rotatable bonds is 4. The van der Waals surface area contributed by atoms with E-state index in [1.165, 1.54) is 0 Å². The summed E-state index contributed by atoms with van der Waals surface area (Å²) < 4.78 is 7.66. The molecule has 3 atom stereocenters. The van der Waals surface area contributed by atoms with Crippen LogP contribution in [0.5, 0.6) is 5.75 Å². The average Bonchev–Trinajstić information content (AvgIpc) is 3.66. The molecule has 7 rings (SSSR count). The quantitative estimate of drug-likeness (QED) is 0.284. The van der Waals surface area contributed by atoms with Crippen molar-refractivity contribution in [2.75, 3.05) is 31.5 Å². The molecule has 0 aromatic heterocycles. The highest BCUT2D eigenvalue weighted by Gasteiger charge is 2.61. The number of likely N-dealkylation sites (tertiary alicyclic amines) is 2. The molecule has 3 aromatic carbocycles. The first-order valence-corrected chi connectivity index (χ1v) is 17.2. The van der Waals surface area contributed by atoms with Gasteiger partial charge in [-0.25, -0.2) is 4.79 Å². The Kier molecular flexibility index (Phi) is 8.37. The van der Waals surface area contributed by atoms with Crippen LogP contribution in [-0.2, 0) is 15.0 Å². The zero-order chi connectivity index (χ0) is 31.3. The lowest BCUT2D eigenvalue weighted by molar-refractivity contribution is -0.131. The highest BCUT2D eigenvalue weighted by molar-refractivity contribution is 14.1. The van der Waals surface area contributed by atoms with Crippen molar-refractivity contribution in [3.63, 3.8) is 0 Å². The Morgan fingerprint density at radius 3 is 2.40 bits per heavy atom. The highest BCUT2D eigenvalue weighted by atomic mass is 127. The molecule has 11 heteroatoms. The van der Waals surface area contributed by atoms with Crippen LogP contribution in [0, 0.1) is 3.57 Å². The van der Waals surface area contributed by atoms with Crippen LogP contribution >= 0.6 is 45.8 Å². The molecule has 0 aliphatic carbocycles. The van der Waals surface area contributed by atoms with E-state index in [0.717, 1.165) is 46.2 Å². The number of fused-ring (bicyclic) bond motifs is 2. The molecule has 4 heterocycles. The number of carbonyl (C=O) groups excluding carboxylic acids is 3. The third-order valence-corrected chi connectivity index (χ3v) is 10.8. The van der Waals surface area contributed by atoms with E-state index in [2.05, 4.69) is 33.2 Å². The molecule has 1 spiro atoms. The van der Waals surface area contributed by atoms with Crippen molar-refractivity contribution in [2.24, 2.45) is 0 Å². The summed E-state index contributed by atoms with van der Waals surface area (Å²) in [6.45, 7) is 2.90. The average molecular weight is 759 g/mol. The van der Waals surface area contributed by atoms with Crippen LogP contribution in [0.25, 0.3) is 0 Å². The summed E-state index contributed by atoms with van der Waals surface area (Å²) in [6, 6.07) is 18.1. The molecule has 3 fully saturated rings. The molecule has 3 aromatic rings. The Bertz CT molecular complexity index is 1670. The molecular weight excluding hydrogens is 726 g/mol. The Morgan fingerprint density at radius 2 is 1.64 bits per heavy atom. The van der Waals surface area contributed by atoms with Crippen molar-refractivity contribution in [1.29, 1.82) is 0 Å². The van der Waals surface area contributed by atoms with Gasteiger partial charge in [-0.1, -0.05) is 41.4 Å². The van der Waals surface area contributed by atoms with Crippen LogP contribution < -0.4 is 15.4 Å². The van der Waals surface area contributed by atoms with Gasteiger partial charge < -0.3 is 25.2 Å². The number of nitrogens with zero attached hydrogens (tertiary/aromatic N) is 2. The van der Waals surface area contributed by atoms with Crippen molar-refractivity contribution in [3.8, 4) is 5.75 Å². The normalized spacial score (nSPS) is 24.9. The summed E-state index contributed by atoms with van der Waals surface area (Å²) in [5, 5.41) is 7.35. The number of benzene rings is 3. The largest absolute Gasteiger partial charge is 0.490 e. The van der Waals surface area contributed by atoms with E-state index in [4.69, 9.17) is 27.9 Å². The second-order valence-electron chi connectivity index (χ2n) is 12.3. The zero-order valence-electron chi connectivity index (χ0n) is 24.5.